The minimum Gasteiger partial charge on any atom is -0.494 e. The molecule has 1 aromatic rings. The summed E-state index contributed by atoms with van der Waals surface area (Å²) >= 11 is 0. The van der Waals surface area contributed by atoms with Gasteiger partial charge in [0, 0.05) is 6.54 Å². The van der Waals surface area contributed by atoms with Crippen molar-refractivity contribution >= 4 is 6.29 Å². The van der Waals surface area contributed by atoms with Gasteiger partial charge in [-0.2, -0.15) is 0 Å². The third-order valence-electron chi connectivity index (χ3n) is 2.17. The number of hydrogen-bond donors (Lipinski definition) is 1. The van der Waals surface area contributed by atoms with Gasteiger partial charge in [-0.3, -0.25) is 4.79 Å². The molecule has 0 amide bonds. The summed E-state index contributed by atoms with van der Waals surface area (Å²) in [5, 5.41) is 2.97. The van der Waals surface area contributed by atoms with E-state index in [2.05, 4.69) is 5.32 Å². The minimum absolute atomic E-state index is 0.275. The van der Waals surface area contributed by atoms with Gasteiger partial charge in [-0.1, -0.05) is 6.08 Å². The van der Waals surface area contributed by atoms with Gasteiger partial charge in [0.15, 0.2) is 6.29 Å². The highest BCUT2D eigenvalue weighted by atomic mass is 19.1. The number of carbonyl (C=O) groups is 1. The van der Waals surface area contributed by atoms with E-state index in [4.69, 9.17) is 4.74 Å². The predicted octanol–water partition coefficient (Wildman–Crippen LogP) is 2.29. The lowest BCUT2D eigenvalue weighted by Gasteiger charge is -2.07. The largest absolute Gasteiger partial charge is 0.494 e. The molecule has 0 heterocycles. The van der Waals surface area contributed by atoms with Crippen LogP contribution in [0.25, 0.3) is 0 Å². The highest BCUT2D eigenvalue weighted by molar-refractivity contribution is 5.71. The average molecular weight is 237 g/mol. The molecule has 92 valence electrons. The Bertz CT molecular complexity index is 374. The molecule has 0 radical (unpaired) electrons. The van der Waals surface area contributed by atoms with Crippen molar-refractivity contribution in [2.75, 3.05) is 13.2 Å². The molecule has 1 rings (SSSR count). The van der Waals surface area contributed by atoms with E-state index in [-0.39, 0.29) is 5.82 Å². The van der Waals surface area contributed by atoms with E-state index in [1.165, 1.54) is 12.1 Å². The Morgan fingerprint density at radius 2 is 2.12 bits per heavy atom. The lowest BCUT2D eigenvalue weighted by molar-refractivity contribution is -0.105. The first-order chi connectivity index (χ1) is 8.26. The Morgan fingerprint density at radius 3 is 2.71 bits per heavy atom. The first kappa shape index (κ1) is 13.2. The molecule has 0 bridgehead atoms. The highest BCUT2D eigenvalue weighted by Gasteiger charge is 1.95. The molecular formula is C13H16FNO2. The molecule has 0 spiro atoms. The lowest BCUT2D eigenvalue weighted by Crippen LogP contribution is -2.17. The van der Waals surface area contributed by atoms with E-state index >= 15 is 0 Å². The smallest absolute Gasteiger partial charge is 0.165 e. The maximum Gasteiger partial charge on any atom is 0.165 e. The molecular weight excluding hydrogens is 221 g/mol. The van der Waals surface area contributed by atoms with E-state index in [0.29, 0.717) is 24.6 Å². The fourth-order valence-electron chi connectivity index (χ4n) is 1.24. The molecule has 1 N–H and O–H groups in total. The van der Waals surface area contributed by atoms with E-state index in [1.807, 2.05) is 0 Å². The van der Waals surface area contributed by atoms with Gasteiger partial charge in [0.1, 0.15) is 11.6 Å². The van der Waals surface area contributed by atoms with Crippen molar-refractivity contribution in [1.82, 2.24) is 5.32 Å². The highest BCUT2D eigenvalue weighted by Crippen LogP contribution is 2.10. The number of benzene rings is 1. The van der Waals surface area contributed by atoms with E-state index < -0.39 is 0 Å². The zero-order valence-electron chi connectivity index (χ0n) is 9.78. The van der Waals surface area contributed by atoms with Crippen molar-refractivity contribution in [3.63, 3.8) is 0 Å². The molecule has 3 nitrogen and oxygen atoms in total. The SMILES string of the molecule is C/C=C(\C=O)NCCCOc1ccc(F)cc1. The number of allylic oxidation sites excluding steroid dienone is 2. The van der Waals surface area contributed by atoms with Crippen molar-refractivity contribution in [3.05, 3.63) is 41.9 Å². The van der Waals surface area contributed by atoms with Crippen LogP contribution in [0.1, 0.15) is 13.3 Å². The number of hydrogen-bond acceptors (Lipinski definition) is 3. The van der Waals surface area contributed by atoms with Gasteiger partial charge in [-0.05, 0) is 37.6 Å². The Labute approximate surface area is 100 Å². The Balaban J connectivity index is 2.16. The number of carbonyl (C=O) groups excluding carboxylic acids is 1. The topological polar surface area (TPSA) is 38.3 Å². The second kappa shape index (κ2) is 7.44. The molecule has 1 aromatic carbocycles. The lowest BCUT2D eigenvalue weighted by atomic mass is 10.3. The molecule has 0 saturated heterocycles. The van der Waals surface area contributed by atoms with Crippen molar-refractivity contribution in [1.29, 1.82) is 0 Å². The van der Waals surface area contributed by atoms with Gasteiger partial charge >= 0.3 is 0 Å². The molecule has 0 aliphatic carbocycles. The molecule has 0 fully saturated rings. The average Bonchev–Trinajstić information content (AvgIpc) is 2.36. The van der Waals surface area contributed by atoms with Crippen molar-refractivity contribution in [2.24, 2.45) is 0 Å². The first-order valence-corrected chi connectivity index (χ1v) is 5.50. The maximum absolute atomic E-state index is 12.6. The van der Waals surface area contributed by atoms with Crippen LogP contribution < -0.4 is 10.1 Å². The Morgan fingerprint density at radius 1 is 1.41 bits per heavy atom. The van der Waals surface area contributed by atoms with E-state index in [1.54, 1.807) is 25.1 Å². The summed E-state index contributed by atoms with van der Waals surface area (Å²) in [5.41, 5.74) is 0.576. The van der Waals surface area contributed by atoms with Crippen LogP contribution >= 0.6 is 0 Å². The maximum atomic E-state index is 12.6. The fraction of sp³-hybridized carbons (Fsp3) is 0.308. The molecule has 0 aliphatic rings. The first-order valence-electron chi connectivity index (χ1n) is 5.50. The van der Waals surface area contributed by atoms with Gasteiger partial charge in [0.25, 0.3) is 0 Å². The molecule has 0 atom stereocenters. The summed E-state index contributed by atoms with van der Waals surface area (Å²) < 4.78 is 18.0. The zero-order valence-corrected chi connectivity index (χ0v) is 9.78. The molecule has 17 heavy (non-hydrogen) atoms. The quantitative estimate of drug-likeness (QED) is 0.449. The van der Waals surface area contributed by atoms with Gasteiger partial charge < -0.3 is 10.1 Å². The van der Waals surface area contributed by atoms with Gasteiger partial charge in [-0.15, -0.1) is 0 Å². The molecule has 4 heteroatoms. The second-order valence-corrected chi connectivity index (χ2v) is 3.44. The summed E-state index contributed by atoms with van der Waals surface area (Å²) in [7, 11) is 0. The Kier molecular flexibility index (Phi) is 5.79. The van der Waals surface area contributed by atoms with Crippen molar-refractivity contribution in [2.45, 2.75) is 13.3 Å². The van der Waals surface area contributed by atoms with Crippen molar-refractivity contribution in [3.8, 4) is 5.75 Å². The summed E-state index contributed by atoms with van der Waals surface area (Å²) in [6.07, 6.45) is 3.26. The van der Waals surface area contributed by atoms with E-state index in [9.17, 15) is 9.18 Å². The number of ether oxygens (including phenoxy) is 1. The van der Waals surface area contributed by atoms with Crippen molar-refractivity contribution < 1.29 is 13.9 Å². The Hall–Kier alpha value is -1.84. The molecule has 0 saturated carbocycles. The number of rotatable bonds is 7. The van der Waals surface area contributed by atoms with Gasteiger partial charge in [0.05, 0.1) is 12.3 Å². The number of halogens is 1. The number of nitrogens with one attached hydrogen (secondary N) is 1. The normalized spacial score (nSPS) is 11.1. The van der Waals surface area contributed by atoms with Gasteiger partial charge in [-0.25, -0.2) is 4.39 Å². The van der Waals surface area contributed by atoms with Crippen LogP contribution in [0.5, 0.6) is 5.75 Å². The standard InChI is InChI=1S/C13H16FNO2/c1-2-12(10-16)15-8-3-9-17-13-6-4-11(14)5-7-13/h2,4-7,10,15H,3,8-9H2,1H3/b12-2+. The van der Waals surface area contributed by atoms with Gasteiger partial charge in [0.2, 0.25) is 0 Å². The minimum atomic E-state index is -0.275. The third kappa shape index (κ3) is 5.15. The predicted molar refractivity (Wildman–Crippen MR) is 64.3 cm³/mol. The van der Waals surface area contributed by atoms with Crippen LogP contribution in [0.4, 0.5) is 4.39 Å². The van der Waals surface area contributed by atoms with Crippen LogP contribution in [-0.4, -0.2) is 19.4 Å². The van der Waals surface area contributed by atoms with Crippen LogP contribution in [0.3, 0.4) is 0 Å². The summed E-state index contributed by atoms with van der Waals surface area (Å²) in [6.45, 7) is 2.99. The molecule has 0 aromatic heterocycles. The summed E-state index contributed by atoms with van der Waals surface area (Å²) in [6, 6.07) is 5.90. The second-order valence-electron chi connectivity index (χ2n) is 3.44. The monoisotopic (exact) mass is 237 g/mol. The van der Waals surface area contributed by atoms with Crippen LogP contribution in [0.2, 0.25) is 0 Å². The van der Waals surface area contributed by atoms with Crippen LogP contribution in [0, 0.1) is 5.82 Å². The van der Waals surface area contributed by atoms with Crippen LogP contribution in [-0.2, 0) is 4.79 Å². The third-order valence-corrected chi connectivity index (χ3v) is 2.17. The molecule has 0 unspecified atom stereocenters. The fourth-order valence-corrected chi connectivity index (χ4v) is 1.24. The zero-order chi connectivity index (χ0) is 12.5. The number of aldehydes is 1. The van der Waals surface area contributed by atoms with E-state index in [0.717, 1.165) is 12.7 Å². The molecule has 0 aliphatic heterocycles. The van der Waals surface area contributed by atoms with Crippen LogP contribution in [0.15, 0.2) is 36.0 Å². The summed E-state index contributed by atoms with van der Waals surface area (Å²) in [5.74, 6) is 0.371. The summed E-state index contributed by atoms with van der Waals surface area (Å²) in [4.78, 5) is 10.5.